The highest BCUT2D eigenvalue weighted by Gasteiger charge is 2.30. The average molecular weight is 402 g/mol. The fourth-order valence-electron chi connectivity index (χ4n) is 3.22. The maximum absolute atomic E-state index is 12.9. The summed E-state index contributed by atoms with van der Waals surface area (Å²) in [6.07, 6.45) is 1.94. The quantitative estimate of drug-likeness (QED) is 0.776. The summed E-state index contributed by atoms with van der Waals surface area (Å²) in [5.41, 5.74) is 1.06. The molecule has 1 saturated heterocycles. The van der Waals surface area contributed by atoms with Gasteiger partial charge in [0, 0.05) is 13.1 Å². The first kappa shape index (κ1) is 19.9. The van der Waals surface area contributed by atoms with Crippen LogP contribution < -0.4 is 10.1 Å². The van der Waals surface area contributed by atoms with Crippen LogP contribution in [-0.2, 0) is 4.74 Å². The number of rotatable bonds is 5. The van der Waals surface area contributed by atoms with Crippen LogP contribution in [0.2, 0.25) is 0 Å². The zero-order valence-electron chi connectivity index (χ0n) is 16.0. The Labute approximate surface area is 167 Å². The highest BCUT2D eigenvalue weighted by atomic mass is 32.1. The average Bonchev–Trinajstić information content (AvgIpc) is 3.35. The predicted molar refractivity (Wildman–Crippen MR) is 106 cm³/mol. The SMILES string of the molecule is COC(=O)c1c(NC(=O)c2ccccc2OC)sc(C(=O)N2CCCC2)c1C. The number of esters is 1. The second-order valence-electron chi connectivity index (χ2n) is 6.41. The van der Waals surface area contributed by atoms with Crippen molar-refractivity contribution in [2.24, 2.45) is 0 Å². The Morgan fingerprint density at radius 3 is 2.43 bits per heavy atom. The molecule has 1 aromatic heterocycles. The van der Waals surface area contributed by atoms with E-state index in [1.54, 1.807) is 36.1 Å². The van der Waals surface area contributed by atoms with Crippen molar-refractivity contribution in [3.05, 3.63) is 45.8 Å². The maximum Gasteiger partial charge on any atom is 0.341 e. The van der Waals surface area contributed by atoms with E-state index in [2.05, 4.69) is 5.32 Å². The number of nitrogens with one attached hydrogen (secondary N) is 1. The van der Waals surface area contributed by atoms with Crippen LogP contribution >= 0.6 is 11.3 Å². The lowest BCUT2D eigenvalue weighted by Gasteiger charge is -2.14. The number of carbonyl (C=O) groups is 3. The molecule has 8 heteroatoms. The van der Waals surface area contributed by atoms with Gasteiger partial charge in [-0.2, -0.15) is 0 Å². The fraction of sp³-hybridized carbons (Fsp3) is 0.350. The number of para-hydroxylation sites is 1. The molecule has 1 aliphatic heterocycles. The lowest BCUT2D eigenvalue weighted by molar-refractivity contribution is 0.0601. The molecule has 1 N–H and O–H groups in total. The summed E-state index contributed by atoms with van der Waals surface area (Å²) in [5, 5.41) is 3.05. The number of methoxy groups -OCH3 is 2. The third kappa shape index (κ3) is 3.73. The van der Waals surface area contributed by atoms with Crippen LogP contribution in [-0.4, -0.2) is 50.0 Å². The number of amides is 2. The molecule has 0 unspecified atom stereocenters. The van der Waals surface area contributed by atoms with E-state index in [0.717, 1.165) is 24.2 Å². The van der Waals surface area contributed by atoms with E-state index in [1.807, 2.05) is 0 Å². The topological polar surface area (TPSA) is 84.9 Å². The predicted octanol–water partition coefficient (Wildman–Crippen LogP) is 3.34. The summed E-state index contributed by atoms with van der Waals surface area (Å²) >= 11 is 1.10. The minimum atomic E-state index is -0.593. The molecule has 0 saturated carbocycles. The van der Waals surface area contributed by atoms with Gasteiger partial charge in [-0.05, 0) is 37.5 Å². The first-order valence-electron chi connectivity index (χ1n) is 8.93. The van der Waals surface area contributed by atoms with Crippen LogP contribution in [0.25, 0.3) is 0 Å². The van der Waals surface area contributed by atoms with Crippen molar-refractivity contribution in [2.45, 2.75) is 19.8 Å². The fourth-order valence-corrected chi connectivity index (χ4v) is 4.38. The molecule has 0 radical (unpaired) electrons. The van der Waals surface area contributed by atoms with Crippen molar-refractivity contribution in [1.82, 2.24) is 4.90 Å². The van der Waals surface area contributed by atoms with Gasteiger partial charge in [-0.15, -0.1) is 11.3 Å². The maximum atomic E-state index is 12.9. The Balaban J connectivity index is 1.97. The van der Waals surface area contributed by atoms with E-state index in [4.69, 9.17) is 9.47 Å². The molecule has 0 atom stereocenters. The number of likely N-dealkylation sites (tertiary alicyclic amines) is 1. The summed E-state index contributed by atoms with van der Waals surface area (Å²) in [6, 6.07) is 6.79. The Bertz CT molecular complexity index is 915. The van der Waals surface area contributed by atoms with Gasteiger partial charge < -0.3 is 19.7 Å². The van der Waals surface area contributed by atoms with Gasteiger partial charge in [-0.1, -0.05) is 12.1 Å². The summed E-state index contributed by atoms with van der Waals surface area (Å²) < 4.78 is 10.1. The summed E-state index contributed by atoms with van der Waals surface area (Å²) in [5.74, 6) is -0.724. The Morgan fingerprint density at radius 2 is 1.79 bits per heavy atom. The van der Waals surface area contributed by atoms with Gasteiger partial charge in [0.25, 0.3) is 11.8 Å². The largest absolute Gasteiger partial charge is 0.496 e. The van der Waals surface area contributed by atoms with Crippen molar-refractivity contribution in [2.75, 3.05) is 32.6 Å². The second-order valence-corrected chi connectivity index (χ2v) is 7.43. The number of benzene rings is 1. The van der Waals surface area contributed by atoms with Crippen LogP contribution in [0.15, 0.2) is 24.3 Å². The van der Waals surface area contributed by atoms with E-state index in [-0.39, 0.29) is 11.5 Å². The first-order chi connectivity index (χ1) is 13.5. The van der Waals surface area contributed by atoms with Crippen LogP contribution in [0.3, 0.4) is 0 Å². The lowest BCUT2D eigenvalue weighted by atomic mass is 10.1. The van der Waals surface area contributed by atoms with Gasteiger partial charge in [-0.3, -0.25) is 9.59 Å². The van der Waals surface area contributed by atoms with E-state index < -0.39 is 11.9 Å². The molecule has 1 aliphatic rings. The van der Waals surface area contributed by atoms with Crippen LogP contribution in [0.4, 0.5) is 5.00 Å². The van der Waals surface area contributed by atoms with E-state index >= 15 is 0 Å². The molecule has 28 heavy (non-hydrogen) atoms. The van der Waals surface area contributed by atoms with Crippen molar-refractivity contribution < 1.29 is 23.9 Å². The van der Waals surface area contributed by atoms with Crippen LogP contribution in [0.5, 0.6) is 5.75 Å². The van der Waals surface area contributed by atoms with Gasteiger partial charge in [0.15, 0.2) is 0 Å². The molecular weight excluding hydrogens is 380 g/mol. The molecule has 2 amide bonds. The van der Waals surface area contributed by atoms with Gasteiger partial charge in [-0.25, -0.2) is 4.79 Å². The van der Waals surface area contributed by atoms with Crippen molar-refractivity contribution >= 4 is 34.1 Å². The smallest absolute Gasteiger partial charge is 0.341 e. The lowest BCUT2D eigenvalue weighted by Crippen LogP contribution is -2.27. The van der Waals surface area contributed by atoms with Gasteiger partial charge >= 0.3 is 5.97 Å². The summed E-state index contributed by atoms with van der Waals surface area (Å²) in [6.45, 7) is 3.10. The number of anilines is 1. The molecular formula is C20H22N2O5S. The standard InChI is InChI=1S/C20H22N2O5S/c1-12-15(20(25)27-3)18(28-16(12)19(24)22-10-6-7-11-22)21-17(23)13-8-4-5-9-14(13)26-2/h4-5,8-9H,6-7,10-11H2,1-3H3,(H,21,23). The molecule has 7 nitrogen and oxygen atoms in total. The van der Waals surface area contributed by atoms with Gasteiger partial charge in [0.05, 0.1) is 30.2 Å². The highest BCUT2D eigenvalue weighted by molar-refractivity contribution is 7.18. The summed E-state index contributed by atoms with van der Waals surface area (Å²) in [4.78, 5) is 40.2. The number of thiophene rings is 1. The molecule has 3 rings (SSSR count). The number of hydrogen-bond donors (Lipinski definition) is 1. The Hall–Kier alpha value is -2.87. The number of carbonyl (C=O) groups excluding carboxylic acids is 3. The summed E-state index contributed by atoms with van der Waals surface area (Å²) in [7, 11) is 2.75. The first-order valence-corrected chi connectivity index (χ1v) is 9.75. The molecule has 0 bridgehead atoms. The number of nitrogens with zero attached hydrogens (tertiary/aromatic N) is 1. The van der Waals surface area contributed by atoms with Gasteiger partial charge in [0.2, 0.25) is 0 Å². The third-order valence-corrected chi connectivity index (χ3v) is 5.90. The van der Waals surface area contributed by atoms with E-state index in [0.29, 0.717) is 39.8 Å². The molecule has 2 heterocycles. The second kappa shape index (κ2) is 8.43. The highest BCUT2D eigenvalue weighted by Crippen LogP contribution is 2.35. The molecule has 0 aliphatic carbocycles. The van der Waals surface area contributed by atoms with E-state index in [9.17, 15) is 14.4 Å². The van der Waals surface area contributed by atoms with E-state index in [1.165, 1.54) is 14.2 Å². The third-order valence-electron chi connectivity index (χ3n) is 4.70. The van der Waals surface area contributed by atoms with Crippen LogP contribution in [0, 0.1) is 6.92 Å². The monoisotopic (exact) mass is 402 g/mol. The Kier molecular flexibility index (Phi) is 5.99. The molecule has 1 aromatic carbocycles. The molecule has 148 valence electrons. The number of hydrogen-bond acceptors (Lipinski definition) is 6. The normalized spacial score (nSPS) is 13.3. The Morgan fingerprint density at radius 1 is 1.11 bits per heavy atom. The molecule has 2 aromatic rings. The zero-order chi connectivity index (χ0) is 20.3. The zero-order valence-corrected chi connectivity index (χ0v) is 16.9. The molecule has 0 spiro atoms. The van der Waals surface area contributed by atoms with Crippen molar-refractivity contribution in [3.8, 4) is 5.75 Å². The number of ether oxygens (including phenoxy) is 2. The minimum absolute atomic E-state index is 0.122. The molecule has 1 fully saturated rings. The van der Waals surface area contributed by atoms with Crippen molar-refractivity contribution in [3.63, 3.8) is 0 Å². The van der Waals surface area contributed by atoms with Crippen molar-refractivity contribution in [1.29, 1.82) is 0 Å². The van der Waals surface area contributed by atoms with Gasteiger partial charge in [0.1, 0.15) is 10.8 Å². The minimum Gasteiger partial charge on any atom is -0.496 e. The van der Waals surface area contributed by atoms with Crippen LogP contribution in [0.1, 0.15) is 48.8 Å².